The molecule has 6 nitrogen and oxygen atoms in total. The molecule has 1 aliphatic rings. The van der Waals surface area contributed by atoms with Crippen LogP contribution in [0.4, 0.5) is 9.18 Å². The first-order valence-electron chi connectivity index (χ1n) is 8.22. The van der Waals surface area contributed by atoms with Crippen molar-refractivity contribution in [1.82, 2.24) is 10.0 Å². The molecule has 0 saturated carbocycles. The number of ether oxygens (including phenoxy) is 1. The minimum atomic E-state index is -0.597. The van der Waals surface area contributed by atoms with Gasteiger partial charge in [0.15, 0.2) is 0 Å². The molecular weight excluding hydrogens is 374 g/mol. The maximum Gasteiger partial charge on any atom is 1.00 e. The van der Waals surface area contributed by atoms with Gasteiger partial charge in [-0.2, -0.15) is 0 Å². The van der Waals surface area contributed by atoms with Crippen molar-refractivity contribution in [2.24, 2.45) is 0 Å². The van der Waals surface area contributed by atoms with Gasteiger partial charge in [-0.1, -0.05) is 49.0 Å². The number of nitrogens with zero attached hydrogens (tertiary/aromatic N) is 2. The van der Waals surface area contributed by atoms with Crippen molar-refractivity contribution in [2.75, 3.05) is 13.1 Å². The molecule has 0 radical (unpaired) electrons. The first kappa shape index (κ1) is 23.8. The summed E-state index contributed by atoms with van der Waals surface area (Å²) in [5.41, 5.74) is 2.28. The third-order valence-electron chi connectivity index (χ3n) is 4.01. The Morgan fingerprint density at radius 3 is 2.21 bits per heavy atom. The van der Waals surface area contributed by atoms with E-state index in [9.17, 15) is 14.0 Å². The number of carbonyl (C=O) groups excluding carboxylic acids is 2. The molecule has 8 heteroatoms. The maximum atomic E-state index is 13.0. The van der Waals surface area contributed by atoms with E-state index < -0.39 is 6.09 Å². The van der Waals surface area contributed by atoms with Crippen molar-refractivity contribution < 1.29 is 53.7 Å². The summed E-state index contributed by atoms with van der Waals surface area (Å²) in [7, 11) is 0. The van der Waals surface area contributed by atoms with Crippen molar-refractivity contribution in [2.45, 2.75) is 13.0 Å². The van der Waals surface area contributed by atoms with Crippen molar-refractivity contribution >= 4 is 12.0 Å². The SMILES string of the molecule is C=C1CN(C(=O)Cc2ccc(F)cc2)N(C(=O)OCc2ccccc2)C1.[Na+].[OH-]. The van der Waals surface area contributed by atoms with E-state index in [1.165, 1.54) is 22.2 Å². The zero-order chi connectivity index (χ0) is 18.5. The van der Waals surface area contributed by atoms with E-state index in [-0.39, 0.29) is 72.9 Å². The molecule has 1 N–H and O–H groups in total. The van der Waals surface area contributed by atoms with Crippen LogP contribution in [0.3, 0.4) is 0 Å². The third kappa shape index (κ3) is 6.17. The largest absolute Gasteiger partial charge is 1.00 e. The van der Waals surface area contributed by atoms with Gasteiger partial charge in [0.25, 0.3) is 0 Å². The number of hydrogen-bond donors (Lipinski definition) is 0. The van der Waals surface area contributed by atoms with Crippen molar-refractivity contribution in [3.63, 3.8) is 0 Å². The van der Waals surface area contributed by atoms with Crippen molar-refractivity contribution in [3.05, 3.63) is 83.7 Å². The zero-order valence-corrected chi connectivity index (χ0v) is 17.7. The van der Waals surface area contributed by atoms with E-state index in [0.717, 1.165) is 11.1 Å². The summed E-state index contributed by atoms with van der Waals surface area (Å²) in [4.78, 5) is 25.0. The van der Waals surface area contributed by atoms with E-state index in [1.807, 2.05) is 30.3 Å². The molecule has 0 bridgehead atoms. The predicted octanol–water partition coefficient (Wildman–Crippen LogP) is 0.148. The third-order valence-corrected chi connectivity index (χ3v) is 4.01. The number of rotatable bonds is 4. The standard InChI is InChI=1S/C20H19FN2O3.Na.H2O/c1-15-12-22(19(24)11-16-7-9-18(21)10-8-16)23(13-15)20(25)26-14-17-5-3-2-4-6-17;;/h2-10H,1,11-14H2;;1H2/q;+1;/p-1. The molecule has 1 saturated heterocycles. The van der Waals surface area contributed by atoms with Crippen molar-refractivity contribution in [1.29, 1.82) is 0 Å². The summed E-state index contributed by atoms with van der Waals surface area (Å²) in [5, 5.41) is 2.59. The minimum absolute atomic E-state index is 0. The van der Waals surface area contributed by atoms with Gasteiger partial charge >= 0.3 is 35.7 Å². The van der Waals surface area contributed by atoms with Crippen LogP contribution >= 0.6 is 0 Å². The smallest absolute Gasteiger partial charge is 0.870 e. The number of amides is 2. The fraction of sp³-hybridized carbons (Fsp3) is 0.200. The Morgan fingerprint density at radius 2 is 1.57 bits per heavy atom. The summed E-state index contributed by atoms with van der Waals surface area (Å²) in [6, 6.07) is 15.0. The van der Waals surface area contributed by atoms with Gasteiger partial charge in [0.2, 0.25) is 5.91 Å². The Morgan fingerprint density at radius 1 is 0.964 bits per heavy atom. The Labute approximate surface area is 185 Å². The van der Waals surface area contributed by atoms with Crippen LogP contribution in [-0.2, 0) is 22.6 Å². The normalized spacial score (nSPS) is 12.8. The van der Waals surface area contributed by atoms with Crippen LogP contribution in [0.5, 0.6) is 0 Å². The van der Waals surface area contributed by atoms with Crippen LogP contribution in [0.15, 0.2) is 66.7 Å². The molecule has 3 rings (SSSR count). The number of hydrazine groups is 1. The molecule has 2 amide bonds. The molecule has 1 aliphatic heterocycles. The van der Waals surface area contributed by atoms with Gasteiger partial charge in [-0.15, -0.1) is 0 Å². The van der Waals surface area contributed by atoms with E-state index in [4.69, 9.17) is 4.74 Å². The van der Waals surface area contributed by atoms with Crippen LogP contribution in [0.1, 0.15) is 11.1 Å². The van der Waals surface area contributed by atoms with Gasteiger partial charge in [-0.25, -0.2) is 19.2 Å². The van der Waals surface area contributed by atoms with Gasteiger partial charge in [0, 0.05) is 0 Å². The van der Waals surface area contributed by atoms with Crippen LogP contribution in [0, 0.1) is 5.82 Å². The first-order chi connectivity index (χ1) is 12.5. The van der Waals surface area contributed by atoms with Gasteiger partial charge in [0.05, 0.1) is 19.5 Å². The van der Waals surface area contributed by atoms with E-state index in [0.29, 0.717) is 5.56 Å². The van der Waals surface area contributed by atoms with E-state index >= 15 is 0 Å². The topological polar surface area (TPSA) is 79.9 Å². The fourth-order valence-electron chi connectivity index (χ4n) is 2.69. The Kier molecular flexibility index (Phi) is 9.34. The fourth-order valence-corrected chi connectivity index (χ4v) is 2.69. The molecular formula is C20H20FN2NaO4. The molecule has 1 heterocycles. The van der Waals surface area contributed by atoms with Crippen molar-refractivity contribution in [3.8, 4) is 0 Å². The van der Waals surface area contributed by atoms with Gasteiger partial charge in [0.1, 0.15) is 12.4 Å². The van der Waals surface area contributed by atoms with Crippen LogP contribution in [0.2, 0.25) is 0 Å². The second-order valence-electron chi connectivity index (χ2n) is 6.10. The van der Waals surface area contributed by atoms with Crippen LogP contribution < -0.4 is 29.6 Å². The van der Waals surface area contributed by atoms with Gasteiger partial charge < -0.3 is 10.2 Å². The maximum absolute atomic E-state index is 13.0. The van der Waals surface area contributed by atoms with Crippen LogP contribution in [0.25, 0.3) is 0 Å². The molecule has 0 unspecified atom stereocenters. The quantitative estimate of drug-likeness (QED) is 0.546. The summed E-state index contributed by atoms with van der Waals surface area (Å²) >= 11 is 0. The molecule has 2 aromatic rings. The molecule has 0 spiro atoms. The molecule has 0 aromatic heterocycles. The van der Waals surface area contributed by atoms with Gasteiger partial charge in [-0.3, -0.25) is 4.79 Å². The monoisotopic (exact) mass is 394 g/mol. The van der Waals surface area contributed by atoms with Crippen LogP contribution in [-0.4, -0.2) is 40.6 Å². The molecule has 0 atom stereocenters. The number of benzene rings is 2. The average Bonchev–Trinajstić information content (AvgIpc) is 3.04. The Bertz CT molecular complexity index is 815. The predicted molar refractivity (Wildman–Crippen MR) is 96.2 cm³/mol. The molecule has 0 aliphatic carbocycles. The van der Waals surface area contributed by atoms with Gasteiger partial charge in [-0.05, 0) is 28.8 Å². The van der Waals surface area contributed by atoms with E-state index in [1.54, 1.807) is 12.1 Å². The zero-order valence-electron chi connectivity index (χ0n) is 15.7. The average molecular weight is 394 g/mol. The molecule has 28 heavy (non-hydrogen) atoms. The summed E-state index contributed by atoms with van der Waals surface area (Å²) in [5.74, 6) is -0.631. The minimum Gasteiger partial charge on any atom is -0.870 e. The second-order valence-corrected chi connectivity index (χ2v) is 6.10. The van der Waals surface area contributed by atoms with E-state index in [2.05, 4.69) is 6.58 Å². The second kappa shape index (κ2) is 11.0. The summed E-state index contributed by atoms with van der Waals surface area (Å²) < 4.78 is 18.3. The Balaban J connectivity index is 0.00000196. The first-order valence-corrected chi connectivity index (χ1v) is 8.22. The number of hydrogen-bond acceptors (Lipinski definition) is 4. The summed E-state index contributed by atoms with van der Waals surface area (Å²) in [6.45, 7) is 4.49. The molecule has 2 aromatic carbocycles. The number of carbonyl (C=O) groups is 2. The summed E-state index contributed by atoms with van der Waals surface area (Å²) in [6.07, 6.45) is -0.532. The number of halogens is 1. The molecule has 1 fully saturated rings. The Hall–Kier alpha value is -2.19. The molecule has 142 valence electrons.